The van der Waals surface area contributed by atoms with Crippen LogP contribution in [0.3, 0.4) is 0 Å². The first-order valence-electron chi connectivity index (χ1n) is 5.96. The van der Waals surface area contributed by atoms with Crippen LogP contribution in [0.4, 0.5) is 5.82 Å². The molecule has 0 bridgehead atoms. The van der Waals surface area contributed by atoms with Gasteiger partial charge in [-0.2, -0.15) is 0 Å². The number of aromatic nitrogens is 2. The van der Waals surface area contributed by atoms with Gasteiger partial charge in [-0.3, -0.25) is 4.79 Å². The predicted molar refractivity (Wildman–Crippen MR) is 76.5 cm³/mol. The fraction of sp³-hybridized carbons (Fsp3) is 0.308. The molecule has 1 heterocycles. The van der Waals surface area contributed by atoms with Crippen molar-refractivity contribution >= 4 is 34.1 Å². The SMILES string of the molecule is CNC(=O)CCN(C)c1nnc(Cl)c2ccccc12. The van der Waals surface area contributed by atoms with Gasteiger partial charge in [-0.15, -0.1) is 10.2 Å². The Morgan fingerprint density at radius 1 is 1.32 bits per heavy atom. The smallest absolute Gasteiger partial charge is 0.221 e. The van der Waals surface area contributed by atoms with E-state index in [1.807, 2.05) is 36.2 Å². The summed E-state index contributed by atoms with van der Waals surface area (Å²) in [6, 6.07) is 7.69. The standard InChI is InChI=1S/C13H15ClN4O/c1-15-11(19)7-8-18(2)13-10-6-4-3-5-9(10)12(14)16-17-13/h3-6H,7-8H2,1-2H3,(H,15,19). The van der Waals surface area contributed by atoms with Gasteiger partial charge in [-0.05, 0) is 0 Å². The molecule has 0 radical (unpaired) electrons. The molecular weight excluding hydrogens is 264 g/mol. The Morgan fingerprint density at radius 2 is 2.00 bits per heavy atom. The predicted octanol–water partition coefficient (Wildman–Crippen LogP) is 1.86. The zero-order valence-electron chi connectivity index (χ0n) is 10.9. The van der Waals surface area contributed by atoms with E-state index < -0.39 is 0 Å². The number of nitrogens with one attached hydrogen (secondary N) is 1. The maximum atomic E-state index is 11.3. The van der Waals surface area contributed by atoms with E-state index in [1.54, 1.807) is 7.05 Å². The van der Waals surface area contributed by atoms with Crippen LogP contribution in [-0.4, -0.2) is 36.7 Å². The highest BCUT2D eigenvalue weighted by Crippen LogP contribution is 2.27. The average Bonchev–Trinajstić information content (AvgIpc) is 2.45. The van der Waals surface area contributed by atoms with Crippen molar-refractivity contribution < 1.29 is 4.79 Å². The van der Waals surface area contributed by atoms with Crippen LogP contribution < -0.4 is 10.2 Å². The van der Waals surface area contributed by atoms with Crippen LogP contribution in [0.5, 0.6) is 0 Å². The number of benzene rings is 1. The van der Waals surface area contributed by atoms with E-state index >= 15 is 0 Å². The van der Waals surface area contributed by atoms with Gasteiger partial charge in [0.2, 0.25) is 5.91 Å². The highest BCUT2D eigenvalue weighted by molar-refractivity contribution is 6.34. The topological polar surface area (TPSA) is 58.1 Å². The van der Waals surface area contributed by atoms with Crippen LogP contribution in [0.1, 0.15) is 6.42 Å². The number of carbonyl (C=O) groups excluding carboxylic acids is 1. The fourth-order valence-corrected chi connectivity index (χ4v) is 2.04. The van der Waals surface area contributed by atoms with E-state index in [4.69, 9.17) is 11.6 Å². The molecule has 0 aliphatic rings. The van der Waals surface area contributed by atoms with Gasteiger partial charge >= 0.3 is 0 Å². The second-order valence-corrected chi connectivity index (χ2v) is 4.56. The van der Waals surface area contributed by atoms with E-state index in [-0.39, 0.29) is 5.91 Å². The molecule has 19 heavy (non-hydrogen) atoms. The summed E-state index contributed by atoms with van der Waals surface area (Å²) in [6.45, 7) is 0.569. The number of carbonyl (C=O) groups is 1. The lowest BCUT2D eigenvalue weighted by molar-refractivity contribution is -0.120. The third-order valence-corrected chi connectivity index (χ3v) is 3.22. The Morgan fingerprint density at radius 3 is 2.68 bits per heavy atom. The van der Waals surface area contributed by atoms with Crippen molar-refractivity contribution in [2.24, 2.45) is 0 Å². The van der Waals surface area contributed by atoms with Crippen molar-refractivity contribution in [3.05, 3.63) is 29.4 Å². The van der Waals surface area contributed by atoms with Gasteiger partial charge in [0.05, 0.1) is 0 Å². The Kier molecular flexibility index (Phi) is 4.16. The molecule has 0 fully saturated rings. The molecular formula is C13H15ClN4O. The van der Waals surface area contributed by atoms with Crippen LogP contribution in [0.25, 0.3) is 10.8 Å². The maximum absolute atomic E-state index is 11.3. The highest BCUT2D eigenvalue weighted by atomic mass is 35.5. The molecule has 2 rings (SSSR count). The number of hydrogen-bond acceptors (Lipinski definition) is 4. The number of fused-ring (bicyclic) bond motifs is 1. The van der Waals surface area contributed by atoms with Gasteiger partial charge in [0.25, 0.3) is 0 Å². The number of amides is 1. The number of rotatable bonds is 4. The number of hydrogen-bond donors (Lipinski definition) is 1. The summed E-state index contributed by atoms with van der Waals surface area (Å²) >= 11 is 6.03. The lowest BCUT2D eigenvalue weighted by Crippen LogP contribution is -2.27. The van der Waals surface area contributed by atoms with Gasteiger partial charge in [-0.25, -0.2) is 0 Å². The van der Waals surface area contributed by atoms with Gasteiger partial charge in [0, 0.05) is 37.8 Å². The van der Waals surface area contributed by atoms with Gasteiger partial charge < -0.3 is 10.2 Å². The first kappa shape index (κ1) is 13.5. The molecule has 2 aromatic rings. The largest absolute Gasteiger partial charge is 0.359 e. The Hall–Kier alpha value is -1.88. The Balaban J connectivity index is 2.29. The number of halogens is 1. The molecule has 0 atom stereocenters. The zero-order chi connectivity index (χ0) is 13.8. The maximum Gasteiger partial charge on any atom is 0.221 e. The minimum Gasteiger partial charge on any atom is -0.359 e. The zero-order valence-corrected chi connectivity index (χ0v) is 11.6. The summed E-state index contributed by atoms with van der Waals surface area (Å²) < 4.78 is 0. The lowest BCUT2D eigenvalue weighted by atomic mass is 10.2. The molecule has 5 nitrogen and oxygen atoms in total. The number of nitrogens with zero attached hydrogens (tertiary/aromatic N) is 3. The lowest BCUT2D eigenvalue weighted by Gasteiger charge is -2.19. The van der Waals surface area contributed by atoms with Crippen LogP contribution in [-0.2, 0) is 4.79 Å². The minimum absolute atomic E-state index is 0.00178. The summed E-state index contributed by atoms with van der Waals surface area (Å²) in [5.41, 5.74) is 0. The van der Waals surface area contributed by atoms with E-state index in [0.29, 0.717) is 18.1 Å². The second kappa shape index (κ2) is 5.84. The van der Waals surface area contributed by atoms with E-state index in [1.165, 1.54) is 0 Å². The van der Waals surface area contributed by atoms with Crippen LogP contribution in [0, 0.1) is 0 Å². The third-order valence-electron chi connectivity index (χ3n) is 2.94. The Bertz CT molecular complexity index is 602. The average molecular weight is 279 g/mol. The molecule has 1 amide bonds. The van der Waals surface area contributed by atoms with Crippen LogP contribution in [0.2, 0.25) is 5.15 Å². The fourth-order valence-electron chi connectivity index (χ4n) is 1.84. The van der Waals surface area contributed by atoms with E-state index in [2.05, 4.69) is 15.5 Å². The van der Waals surface area contributed by atoms with Crippen LogP contribution in [0.15, 0.2) is 24.3 Å². The van der Waals surface area contributed by atoms with Crippen molar-refractivity contribution in [1.82, 2.24) is 15.5 Å². The normalized spacial score (nSPS) is 10.5. The summed E-state index contributed by atoms with van der Waals surface area (Å²) in [7, 11) is 3.51. The molecule has 0 aliphatic carbocycles. The first-order valence-corrected chi connectivity index (χ1v) is 6.34. The first-order chi connectivity index (χ1) is 9.13. The quantitative estimate of drug-likeness (QED) is 0.927. The summed E-state index contributed by atoms with van der Waals surface area (Å²) in [4.78, 5) is 13.2. The molecule has 1 aromatic carbocycles. The van der Waals surface area contributed by atoms with E-state index in [0.717, 1.165) is 16.6 Å². The summed E-state index contributed by atoms with van der Waals surface area (Å²) in [5.74, 6) is 0.724. The molecule has 6 heteroatoms. The monoisotopic (exact) mass is 278 g/mol. The molecule has 1 aromatic heterocycles. The Labute approximate surface area is 116 Å². The number of anilines is 1. The summed E-state index contributed by atoms with van der Waals surface area (Å²) in [6.07, 6.45) is 0.408. The van der Waals surface area contributed by atoms with Gasteiger partial charge in [0.15, 0.2) is 11.0 Å². The van der Waals surface area contributed by atoms with Crippen LogP contribution >= 0.6 is 11.6 Å². The van der Waals surface area contributed by atoms with Crippen molar-refractivity contribution in [3.8, 4) is 0 Å². The molecule has 0 unspecified atom stereocenters. The van der Waals surface area contributed by atoms with Crippen molar-refractivity contribution in [3.63, 3.8) is 0 Å². The minimum atomic E-state index is -0.00178. The molecule has 0 saturated heterocycles. The molecule has 0 spiro atoms. The highest BCUT2D eigenvalue weighted by Gasteiger charge is 2.12. The van der Waals surface area contributed by atoms with E-state index in [9.17, 15) is 4.79 Å². The van der Waals surface area contributed by atoms with Crippen molar-refractivity contribution in [2.45, 2.75) is 6.42 Å². The molecule has 1 N–H and O–H groups in total. The molecule has 100 valence electrons. The third kappa shape index (κ3) is 2.93. The van der Waals surface area contributed by atoms with Gasteiger partial charge in [-0.1, -0.05) is 35.9 Å². The second-order valence-electron chi connectivity index (χ2n) is 4.20. The van der Waals surface area contributed by atoms with Crippen molar-refractivity contribution in [2.75, 3.05) is 25.5 Å². The van der Waals surface area contributed by atoms with Crippen molar-refractivity contribution in [1.29, 1.82) is 0 Å². The van der Waals surface area contributed by atoms with Gasteiger partial charge in [0.1, 0.15) is 0 Å². The molecule has 0 saturated carbocycles. The molecule has 0 aliphatic heterocycles. The summed E-state index contributed by atoms with van der Waals surface area (Å²) in [5, 5.41) is 12.8.